The molecule has 17 heavy (non-hydrogen) atoms. The van der Waals surface area contributed by atoms with Gasteiger partial charge in [-0.25, -0.2) is 0 Å². The minimum absolute atomic E-state index is 0.461. The Labute approximate surface area is 106 Å². The molecule has 0 saturated heterocycles. The highest BCUT2D eigenvalue weighted by Crippen LogP contribution is 2.26. The summed E-state index contributed by atoms with van der Waals surface area (Å²) in [4.78, 5) is 0. The van der Waals surface area contributed by atoms with E-state index in [1.165, 1.54) is 5.56 Å². The van der Waals surface area contributed by atoms with Gasteiger partial charge in [0.1, 0.15) is 10.0 Å². The predicted octanol–water partition coefficient (Wildman–Crippen LogP) is 3.18. The topological polar surface area (TPSA) is 51.8 Å². The fourth-order valence-corrected chi connectivity index (χ4v) is 2.37. The van der Waals surface area contributed by atoms with Crippen LogP contribution in [-0.4, -0.2) is 10.2 Å². The summed E-state index contributed by atoms with van der Waals surface area (Å²) in [6.45, 7) is 4.91. The first kappa shape index (κ1) is 12.2. The van der Waals surface area contributed by atoms with Crippen LogP contribution in [0.25, 0.3) is 10.6 Å². The molecule has 0 spiro atoms. The zero-order valence-corrected chi connectivity index (χ0v) is 11.0. The van der Waals surface area contributed by atoms with Crippen LogP contribution in [0, 0.1) is 0 Å². The highest BCUT2D eigenvalue weighted by atomic mass is 32.1. The Kier molecular flexibility index (Phi) is 3.86. The van der Waals surface area contributed by atoms with Crippen LogP contribution in [0.3, 0.4) is 0 Å². The summed E-state index contributed by atoms with van der Waals surface area (Å²) in [6, 6.07) is 8.57. The van der Waals surface area contributed by atoms with Crippen LogP contribution in [0.1, 0.15) is 36.8 Å². The fourth-order valence-electron chi connectivity index (χ4n) is 1.64. The van der Waals surface area contributed by atoms with Crippen molar-refractivity contribution in [3.05, 3.63) is 34.8 Å². The van der Waals surface area contributed by atoms with E-state index in [-0.39, 0.29) is 0 Å². The number of aromatic nitrogens is 2. The second-order valence-corrected chi connectivity index (χ2v) is 5.20. The van der Waals surface area contributed by atoms with Crippen LogP contribution >= 0.6 is 11.3 Å². The van der Waals surface area contributed by atoms with E-state index >= 15 is 0 Å². The number of rotatable bonds is 4. The third-order valence-electron chi connectivity index (χ3n) is 2.98. The molecule has 0 bridgehead atoms. The molecule has 0 saturated carbocycles. The first-order chi connectivity index (χ1) is 8.24. The molecule has 1 unspecified atom stereocenters. The third-order valence-corrected chi connectivity index (χ3v) is 3.98. The molecule has 2 aromatic rings. The van der Waals surface area contributed by atoms with Crippen molar-refractivity contribution in [1.29, 1.82) is 0 Å². The molecule has 4 heteroatoms. The van der Waals surface area contributed by atoms with Crippen molar-refractivity contribution >= 4 is 11.3 Å². The van der Waals surface area contributed by atoms with E-state index in [0.717, 1.165) is 22.0 Å². The highest BCUT2D eigenvalue weighted by Gasteiger charge is 2.07. The lowest BCUT2D eigenvalue weighted by Gasteiger charge is -2.08. The van der Waals surface area contributed by atoms with E-state index in [1.807, 2.05) is 0 Å². The lowest BCUT2D eigenvalue weighted by molar-refractivity contribution is 0.734. The average Bonchev–Trinajstić information content (AvgIpc) is 2.87. The third kappa shape index (κ3) is 2.70. The molecular weight excluding hydrogens is 230 g/mol. The molecule has 0 aliphatic carbocycles. The second-order valence-electron chi connectivity index (χ2n) is 4.14. The van der Waals surface area contributed by atoms with Crippen molar-refractivity contribution < 1.29 is 0 Å². The number of hydrogen-bond acceptors (Lipinski definition) is 4. The summed E-state index contributed by atoms with van der Waals surface area (Å²) in [5.74, 6) is 0.609. The van der Waals surface area contributed by atoms with Gasteiger partial charge in [-0.05, 0) is 17.9 Å². The first-order valence-corrected chi connectivity index (χ1v) is 6.69. The fraction of sp³-hybridized carbons (Fsp3) is 0.385. The maximum absolute atomic E-state index is 5.53. The summed E-state index contributed by atoms with van der Waals surface area (Å²) in [5, 5.41) is 9.99. The van der Waals surface area contributed by atoms with E-state index in [9.17, 15) is 0 Å². The Morgan fingerprint density at radius 3 is 2.47 bits per heavy atom. The smallest absolute Gasteiger partial charge is 0.147 e. The summed E-state index contributed by atoms with van der Waals surface area (Å²) < 4.78 is 0. The molecule has 0 fully saturated rings. The van der Waals surface area contributed by atoms with Gasteiger partial charge in [-0.1, -0.05) is 49.4 Å². The Morgan fingerprint density at radius 1 is 1.24 bits per heavy atom. The van der Waals surface area contributed by atoms with E-state index < -0.39 is 0 Å². The Balaban J connectivity index is 2.22. The van der Waals surface area contributed by atoms with Crippen LogP contribution in [0.5, 0.6) is 0 Å². The van der Waals surface area contributed by atoms with E-state index in [2.05, 4.69) is 48.3 Å². The van der Waals surface area contributed by atoms with Crippen molar-refractivity contribution in [1.82, 2.24) is 10.2 Å². The predicted molar refractivity (Wildman–Crippen MR) is 71.9 cm³/mol. The van der Waals surface area contributed by atoms with Crippen LogP contribution < -0.4 is 5.73 Å². The van der Waals surface area contributed by atoms with Crippen molar-refractivity contribution in [3.8, 4) is 10.6 Å². The van der Waals surface area contributed by atoms with Crippen molar-refractivity contribution in [2.24, 2.45) is 5.73 Å². The van der Waals surface area contributed by atoms with Crippen molar-refractivity contribution in [2.45, 2.75) is 32.7 Å². The Bertz CT molecular complexity index is 476. The monoisotopic (exact) mass is 247 g/mol. The Morgan fingerprint density at radius 2 is 1.94 bits per heavy atom. The number of benzene rings is 1. The lowest BCUT2D eigenvalue weighted by Crippen LogP contribution is -1.94. The summed E-state index contributed by atoms with van der Waals surface area (Å²) in [5.41, 5.74) is 8.03. The molecular formula is C13H17N3S. The molecule has 1 aromatic heterocycles. The molecule has 2 rings (SSSR count). The number of nitrogens with two attached hydrogens (primary N) is 1. The van der Waals surface area contributed by atoms with Gasteiger partial charge in [0.2, 0.25) is 0 Å². The average molecular weight is 247 g/mol. The molecule has 0 aliphatic heterocycles. The first-order valence-electron chi connectivity index (χ1n) is 5.87. The van der Waals surface area contributed by atoms with E-state index in [0.29, 0.717) is 12.5 Å². The number of hydrogen-bond donors (Lipinski definition) is 1. The van der Waals surface area contributed by atoms with Crippen LogP contribution in [0.15, 0.2) is 24.3 Å². The van der Waals surface area contributed by atoms with E-state index in [1.54, 1.807) is 11.3 Å². The molecule has 90 valence electrons. The second kappa shape index (κ2) is 5.38. The molecule has 0 aliphatic rings. The van der Waals surface area contributed by atoms with Gasteiger partial charge >= 0.3 is 0 Å². The lowest BCUT2D eigenvalue weighted by atomic mass is 9.98. The van der Waals surface area contributed by atoms with Gasteiger partial charge in [-0.2, -0.15) is 0 Å². The minimum atomic E-state index is 0.461. The standard InChI is InChI=1S/C13H17N3S/c1-3-9(2)10-4-6-11(7-5-10)13-16-15-12(8-14)17-13/h4-7,9H,3,8,14H2,1-2H3. The summed E-state index contributed by atoms with van der Waals surface area (Å²) in [7, 11) is 0. The molecule has 1 aromatic carbocycles. The van der Waals surface area contributed by atoms with Gasteiger partial charge < -0.3 is 5.73 Å². The van der Waals surface area contributed by atoms with Crippen molar-refractivity contribution in [2.75, 3.05) is 0 Å². The Hall–Kier alpha value is -1.26. The van der Waals surface area contributed by atoms with Gasteiger partial charge in [0.05, 0.1) is 0 Å². The van der Waals surface area contributed by atoms with Crippen LogP contribution in [0.2, 0.25) is 0 Å². The quantitative estimate of drug-likeness (QED) is 0.902. The zero-order chi connectivity index (χ0) is 12.3. The largest absolute Gasteiger partial charge is 0.324 e. The van der Waals surface area contributed by atoms with E-state index in [4.69, 9.17) is 5.73 Å². The summed E-state index contributed by atoms with van der Waals surface area (Å²) in [6.07, 6.45) is 1.16. The van der Waals surface area contributed by atoms with Crippen LogP contribution in [-0.2, 0) is 6.54 Å². The van der Waals surface area contributed by atoms with Gasteiger partial charge in [0.15, 0.2) is 0 Å². The number of nitrogens with zero attached hydrogens (tertiary/aromatic N) is 2. The molecule has 0 radical (unpaired) electrons. The molecule has 2 N–H and O–H groups in total. The molecule has 1 atom stereocenters. The molecule has 3 nitrogen and oxygen atoms in total. The minimum Gasteiger partial charge on any atom is -0.324 e. The maximum atomic E-state index is 5.53. The molecule has 1 heterocycles. The van der Waals surface area contributed by atoms with Gasteiger partial charge in [0.25, 0.3) is 0 Å². The maximum Gasteiger partial charge on any atom is 0.147 e. The van der Waals surface area contributed by atoms with Crippen LogP contribution in [0.4, 0.5) is 0 Å². The SMILES string of the molecule is CCC(C)c1ccc(-c2nnc(CN)s2)cc1. The summed E-state index contributed by atoms with van der Waals surface area (Å²) >= 11 is 1.56. The van der Waals surface area contributed by atoms with Gasteiger partial charge in [0, 0.05) is 12.1 Å². The zero-order valence-electron chi connectivity index (χ0n) is 10.2. The molecule has 0 amide bonds. The van der Waals surface area contributed by atoms with Gasteiger partial charge in [-0.3, -0.25) is 0 Å². The van der Waals surface area contributed by atoms with Crippen molar-refractivity contribution in [3.63, 3.8) is 0 Å². The highest BCUT2D eigenvalue weighted by molar-refractivity contribution is 7.14. The van der Waals surface area contributed by atoms with Gasteiger partial charge in [-0.15, -0.1) is 10.2 Å². The normalized spacial score (nSPS) is 12.6.